The monoisotopic (exact) mass is 334 g/mol. The maximum Gasteiger partial charge on any atom is 0.322 e. The number of hydrogen-bond donors (Lipinski definition) is 1. The molecule has 9 heteroatoms. The van der Waals surface area contributed by atoms with Crippen LogP contribution in [0, 0.1) is 13.8 Å². The average molecular weight is 334 g/mol. The lowest BCUT2D eigenvalue weighted by Gasteiger charge is -2.45. The van der Waals surface area contributed by atoms with Crippen molar-refractivity contribution in [3.05, 3.63) is 11.4 Å². The molecule has 0 unspecified atom stereocenters. The number of anilines is 1. The van der Waals surface area contributed by atoms with E-state index in [2.05, 4.69) is 10.4 Å². The number of hydrogen-bond acceptors (Lipinski definition) is 4. The molecule has 0 spiro atoms. The van der Waals surface area contributed by atoms with Crippen LogP contribution in [0.15, 0.2) is 0 Å². The topological polar surface area (TPSA) is 90.8 Å². The summed E-state index contributed by atoms with van der Waals surface area (Å²) in [6.45, 7) is 4.81. The summed E-state index contributed by atoms with van der Waals surface area (Å²) >= 11 is 0. The van der Waals surface area contributed by atoms with Gasteiger partial charge in [-0.15, -0.1) is 0 Å². The summed E-state index contributed by atoms with van der Waals surface area (Å²) in [5, 5.41) is 7.15. The van der Waals surface area contributed by atoms with Crippen molar-refractivity contribution in [2.75, 3.05) is 38.5 Å². The minimum Gasteiger partial charge on any atom is -0.335 e. The van der Waals surface area contributed by atoms with Crippen LogP contribution in [0.25, 0.3) is 0 Å². The molecule has 0 bridgehead atoms. The van der Waals surface area contributed by atoms with E-state index in [1.165, 1.54) is 4.90 Å². The number of nitrogens with zero attached hydrogens (tertiary/aromatic N) is 5. The van der Waals surface area contributed by atoms with Gasteiger partial charge in [-0.3, -0.25) is 14.3 Å². The minimum absolute atomic E-state index is 0.0684. The van der Waals surface area contributed by atoms with Gasteiger partial charge in [-0.1, -0.05) is 0 Å². The van der Waals surface area contributed by atoms with E-state index in [1.807, 2.05) is 20.9 Å². The number of likely N-dealkylation sites (N-methyl/N-ethyl adjacent to an activating group) is 1. The van der Waals surface area contributed by atoms with Gasteiger partial charge >= 0.3 is 6.03 Å². The molecule has 3 rings (SSSR count). The minimum atomic E-state index is -0.591. The van der Waals surface area contributed by atoms with Crippen LogP contribution in [0.4, 0.5) is 10.5 Å². The Morgan fingerprint density at radius 1 is 1.21 bits per heavy atom. The zero-order valence-electron chi connectivity index (χ0n) is 14.4. The van der Waals surface area contributed by atoms with E-state index in [-0.39, 0.29) is 30.9 Å². The van der Waals surface area contributed by atoms with Crippen LogP contribution in [0.5, 0.6) is 0 Å². The second kappa shape index (κ2) is 5.81. The van der Waals surface area contributed by atoms with Crippen LogP contribution in [-0.2, 0) is 16.6 Å². The van der Waals surface area contributed by atoms with Crippen molar-refractivity contribution in [3.8, 4) is 0 Å². The number of aromatic nitrogens is 2. The van der Waals surface area contributed by atoms with E-state index in [9.17, 15) is 14.4 Å². The van der Waals surface area contributed by atoms with Crippen molar-refractivity contribution in [3.63, 3.8) is 0 Å². The Balaban J connectivity index is 1.73. The normalized spacial score (nSPS) is 21.2. The fraction of sp³-hybridized carbons (Fsp3) is 0.600. The maximum absolute atomic E-state index is 12.6. The summed E-state index contributed by atoms with van der Waals surface area (Å²) in [5.41, 5.74) is 2.29. The molecule has 1 N–H and O–H groups in total. The van der Waals surface area contributed by atoms with Crippen LogP contribution in [0.3, 0.4) is 0 Å². The van der Waals surface area contributed by atoms with E-state index in [4.69, 9.17) is 0 Å². The number of aryl methyl sites for hydroxylation is 2. The molecule has 2 fully saturated rings. The van der Waals surface area contributed by atoms with Crippen LogP contribution in [0.2, 0.25) is 0 Å². The number of urea groups is 1. The van der Waals surface area contributed by atoms with Crippen molar-refractivity contribution in [1.29, 1.82) is 0 Å². The van der Waals surface area contributed by atoms with Gasteiger partial charge in [0.05, 0.1) is 30.2 Å². The molecule has 2 saturated heterocycles. The molecule has 9 nitrogen and oxygen atoms in total. The summed E-state index contributed by atoms with van der Waals surface area (Å²) in [6, 6.07) is -0.867. The Hall–Kier alpha value is -2.58. The highest BCUT2D eigenvalue weighted by Gasteiger charge is 2.42. The van der Waals surface area contributed by atoms with Gasteiger partial charge in [0.1, 0.15) is 6.04 Å². The third kappa shape index (κ3) is 2.59. The molecule has 0 aromatic carbocycles. The molecule has 4 amide bonds. The maximum atomic E-state index is 12.6. The molecule has 1 aromatic rings. The molecule has 1 aromatic heterocycles. The first-order chi connectivity index (χ1) is 11.3. The number of piperazine rings is 2. The van der Waals surface area contributed by atoms with Crippen LogP contribution in [0.1, 0.15) is 11.4 Å². The SMILES string of the molecule is Cc1nn(C)c(C)c1NC(=O)N1CCN2C(=O)CN(C)C(=O)[C@@H]2C1. The smallest absolute Gasteiger partial charge is 0.322 e. The molecule has 0 aliphatic carbocycles. The van der Waals surface area contributed by atoms with E-state index < -0.39 is 6.04 Å². The van der Waals surface area contributed by atoms with Crippen LogP contribution < -0.4 is 5.32 Å². The van der Waals surface area contributed by atoms with Crippen molar-refractivity contribution in [2.24, 2.45) is 7.05 Å². The first-order valence-corrected chi connectivity index (χ1v) is 7.90. The molecular weight excluding hydrogens is 312 g/mol. The van der Waals surface area contributed by atoms with Gasteiger partial charge in [0.25, 0.3) is 0 Å². The molecule has 3 heterocycles. The summed E-state index contributed by atoms with van der Waals surface area (Å²) in [7, 11) is 3.43. The average Bonchev–Trinajstić information content (AvgIpc) is 2.78. The van der Waals surface area contributed by atoms with Gasteiger partial charge in [0, 0.05) is 27.2 Å². The Kier molecular flexibility index (Phi) is 3.94. The summed E-state index contributed by atoms with van der Waals surface area (Å²) in [5.74, 6) is -0.193. The van der Waals surface area contributed by atoms with E-state index in [0.717, 1.165) is 11.4 Å². The van der Waals surface area contributed by atoms with Crippen molar-refractivity contribution in [2.45, 2.75) is 19.9 Å². The van der Waals surface area contributed by atoms with Crippen LogP contribution >= 0.6 is 0 Å². The first-order valence-electron chi connectivity index (χ1n) is 7.90. The van der Waals surface area contributed by atoms with E-state index >= 15 is 0 Å². The van der Waals surface area contributed by atoms with Gasteiger partial charge in [-0.25, -0.2) is 4.79 Å². The number of nitrogens with one attached hydrogen (secondary N) is 1. The predicted molar refractivity (Wildman–Crippen MR) is 86.4 cm³/mol. The van der Waals surface area contributed by atoms with Crippen molar-refractivity contribution in [1.82, 2.24) is 24.5 Å². The number of carbonyl (C=O) groups excluding carboxylic acids is 3. The standard InChI is InChI=1S/C15H22N6O3/c1-9-13(10(2)19(4)17-9)16-15(24)20-5-6-21-11(7-20)14(23)18(3)8-12(21)22/h11H,5-8H2,1-4H3,(H,16,24)/t11-/m0/s1. The summed E-state index contributed by atoms with van der Waals surface area (Å²) < 4.78 is 1.71. The second-order valence-corrected chi connectivity index (χ2v) is 6.34. The Bertz CT molecular complexity index is 712. The van der Waals surface area contributed by atoms with Gasteiger partial charge in [0.15, 0.2) is 0 Å². The first kappa shape index (κ1) is 16.3. The Morgan fingerprint density at radius 3 is 2.54 bits per heavy atom. The van der Waals surface area contributed by atoms with Crippen molar-refractivity contribution < 1.29 is 14.4 Å². The lowest BCUT2D eigenvalue weighted by Crippen LogP contribution is -2.67. The highest BCUT2D eigenvalue weighted by Crippen LogP contribution is 2.21. The quantitative estimate of drug-likeness (QED) is 0.753. The van der Waals surface area contributed by atoms with E-state index in [1.54, 1.807) is 21.5 Å². The molecule has 130 valence electrons. The highest BCUT2D eigenvalue weighted by molar-refractivity contribution is 5.96. The number of fused-ring (bicyclic) bond motifs is 1. The zero-order chi connectivity index (χ0) is 17.6. The lowest BCUT2D eigenvalue weighted by molar-refractivity contribution is -0.157. The van der Waals surface area contributed by atoms with Gasteiger partial charge in [-0.2, -0.15) is 5.10 Å². The van der Waals surface area contributed by atoms with Crippen LogP contribution in [-0.4, -0.2) is 81.6 Å². The Morgan fingerprint density at radius 2 is 1.92 bits per heavy atom. The molecule has 0 radical (unpaired) electrons. The predicted octanol–water partition coefficient (Wildman–Crippen LogP) is -0.446. The van der Waals surface area contributed by atoms with E-state index in [0.29, 0.717) is 18.8 Å². The van der Waals surface area contributed by atoms with Gasteiger partial charge in [-0.05, 0) is 13.8 Å². The zero-order valence-corrected chi connectivity index (χ0v) is 14.4. The fourth-order valence-corrected chi connectivity index (χ4v) is 3.24. The van der Waals surface area contributed by atoms with Gasteiger partial charge in [0.2, 0.25) is 11.8 Å². The number of rotatable bonds is 1. The molecular formula is C15H22N6O3. The molecule has 1 atom stereocenters. The highest BCUT2D eigenvalue weighted by atomic mass is 16.2. The van der Waals surface area contributed by atoms with Gasteiger partial charge < -0.3 is 20.0 Å². The second-order valence-electron chi connectivity index (χ2n) is 6.34. The molecule has 0 saturated carbocycles. The number of amides is 4. The fourth-order valence-electron chi connectivity index (χ4n) is 3.24. The molecule has 2 aliphatic heterocycles. The lowest BCUT2D eigenvalue weighted by atomic mass is 10.1. The number of carbonyl (C=O) groups is 3. The summed E-state index contributed by atoms with van der Waals surface area (Å²) in [6.07, 6.45) is 0. The third-order valence-corrected chi connectivity index (χ3v) is 4.76. The third-order valence-electron chi connectivity index (χ3n) is 4.76. The molecule has 2 aliphatic rings. The largest absolute Gasteiger partial charge is 0.335 e. The van der Waals surface area contributed by atoms with Crippen molar-refractivity contribution >= 4 is 23.5 Å². The molecule has 24 heavy (non-hydrogen) atoms. The summed E-state index contributed by atoms with van der Waals surface area (Å²) in [4.78, 5) is 41.5. The Labute approximate surface area is 140 Å².